The second kappa shape index (κ2) is 24.0. The van der Waals surface area contributed by atoms with Gasteiger partial charge in [0.25, 0.3) is 23.6 Å². The zero-order chi connectivity index (χ0) is 57.6. The summed E-state index contributed by atoms with van der Waals surface area (Å²) >= 11 is 2.88. The number of hydrogen-bond acceptors (Lipinski definition) is 16. The number of nitrogens with one attached hydrogen (secondary N) is 3. The van der Waals surface area contributed by atoms with Gasteiger partial charge in [-0.2, -0.15) is 10.5 Å². The average molecular weight is 1120 g/mol. The lowest BCUT2D eigenvalue weighted by atomic mass is 9.92. The maximum absolute atomic E-state index is 14.6. The van der Waals surface area contributed by atoms with Crippen LogP contribution in [0, 0.1) is 29.6 Å². The molecule has 0 spiro atoms. The van der Waals surface area contributed by atoms with Gasteiger partial charge in [0.05, 0.1) is 59.5 Å². The molecule has 2 aliphatic rings. The van der Waals surface area contributed by atoms with Gasteiger partial charge in [-0.3, -0.25) is 30.0 Å². The largest absolute Gasteiger partial charge is 0.464 e. The van der Waals surface area contributed by atoms with Gasteiger partial charge >= 0.3 is 12.1 Å². The Bertz CT molecular complexity index is 3670. The molecule has 21 heteroatoms. The quantitative estimate of drug-likeness (QED) is 0.0677. The minimum Gasteiger partial charge on any atom is -0.464 e. The van der Waals surface area contributed by atoms with Crippen molar-refractivity contribution in [1.29, 1.82) is 10.5 Å². The summed E-state index contributed by atoms with van der Waals surface area (Å²) in [6, 6.07) is 30.7. The van der Waals surface area contributed by atoms with Crippen LogP contribution in [0.25, 0.3) is 22.5 Å². The Labute approximate surface area is 476 Å². The molecular weight excluding hydrogens is 1070 g/mol. The number of carbonyl (C=O) groups is 6. The third-order valence-corrected chi connectivity index (χ3v) is 15.8. The number of methoxy groups -OCH3 is 1. The molecule has 2 saturated heterocycles. The normalized spacial score (nSPS) is 15.7. The molecule has 2 fully saturated rings. The molecule has 7 aromatic rings. The van der Waals surface area contributed by atoms with Crippen LogP contribution in [-0.2, 0) is 27.1 Å². The van der Waals surface area contributed by atoms with Crippen LogP contribution in [-0.4, -0.2) is 96.8 Å². The second-order valence-electron chi connectivity index (χ2n) is 20.9. The van der Waals surface area contributed by atoms with Crippen molar-refractivity contribution in [2.45, 2.75) is 96.4 Å². The number of esters is 1. The Hall–Kier alpha value is -9.18. The maximum Gasteiger partial charge on any atom is 0.408 e. The summed E-state index contributed by atoms with van der Waals surface area (Å²) in [6.45, 7) is 9.37. The van der Waals surface area contributed by atoms with Crippen LogP contribution in [0.3, 0.4) is 0 Å². The van der Waals surface area contributed by atoms with Gasteiger partial charge in [0.2, 0.25) is 0 Å². The van der Waals surface area contributed by atoms with Crippen molar-refractivity contribution in [2.24, 2.45) is 0 Å². The number of aryl methyl sites for hydroxylation is 1. The first-order valence-corrected chi connectivity index (χ1v) is 27.9. The molecule has 3 aromatic carbocycles. The van der Waals surface area contributed by atoms with Crippen molar-refractivity contribution < 1.29 is 38.2 Å². The molecule has 0 bridgehead atoms. The number of hydrazine groups is 1. The molecule has 19 nitrogen and oxygen atoms in total. The number of benzene rings is 3. The van der Waals surface area contributed by atoms with Crippen molar-refractivity contribution in [3.63, 3.8) is 0 Å². The van der Waals surface area contributed by atoms with Gasteiger partial charge in [-0.25, -0.2) is 29.5 Å². The number of alkyl carbamates (subject to hydrolysis) is 1. The van der Waals surface area contributed by atoms with E-state index in [1.54, 1.807) is 103 Å². The zero-order valence-electron chi connectivity index (χ0n) is 45.4. The van der Waals surface area contributed by atoms with Gasteiger partial charge in [-0.1, -0.05) is 60.7 Å². The zero-order valence-corrected chi connectivity index (χ0v) is 47.0. The number of hydrogen-bond donors (Lipinski definition) is 3. The number of thiazole rings is 2. The number of rotatable bonds is 14. The summed E-state index contributed by atoms with van der Waals surface area (Å²) < 4.78 is 10.5. The monoisotopic (exact) mass is 1120 g/mol. The van der Waals surface area contributed by atoms with Gasteiger partial charge in [0.15, 0.2) is 0 Å². The number of ether oxygens (including phenoxy) is 2. The molecule has 6 heterocycles. The van der Waals surface area contributed by atoms with Crippen molar-refractivity contribution in [1.82, 2.24) is 45.9 Å². The van der Waals surface area contributed by atoms with E-state index in [1.165, 1.54) is 48.8 Å². The van der Waals surface area contributed by atoms with Crippen LogP contribution in [0.5, 0.6) is 0 Å². The van der Waals surface area contributed by atoms with Gasteiger partial charge < -0.3 is 24.6 Å². The number of carbonyl (C=O) groups excluding carboxylic acids is 6. The lowest BCUT2D eigenvalue weighted by Gasteiger charge is -2.31. The molecule has 0 radical (unpaired) electrons. The Kier molecular flexibility index (Phi) is 16.8. The fraction of sp³-hybridized carbons (Fsp3) is 0.300. The first kappa shape index (κ1) is 56.5. The topological polar surface area (TPSA) is 263 Å². The van der Waals surface area contributed by atoms with Gasteiger partial charge in [-0.15, -0.1) is 22.7 Å². The third kappa shape index (κ3) is 13.0. The number of nitriles is 2. The molecule has 2 aliphatic heterocycles. The first-order chi connectivity index (χ1) is 38.8. The van der Waals surface area contributed by atoms with E-state index in [0.29, 0.717) is 66.2 Å². The molecular formula is C60H57N11O8S2. The molecule has 81 heavy (non-hydrogen) atoms. The van der Waals surface area contributed by atoms with Crippen LogP contribution >= 0.6 is 22.7 Å². The van der Waals surface area contributed by atoms with E-state index in [9.17, 15) is 39.3 Å². The molecule has 5 amide bonds. The molecule has 9 rings (SSSR count). The van der Waals surface area contributed by atoms with E-state index in [4.69, 9.17) is 14.5 Å². The van der Waals surface area contributed by atoms with E-state index >= 15 is 0 Å². The Morgan fingerprint density at radius 2 is 1.27 bits per heavy atom. The van der Waals surface area contributed by atoms with Gasteiger partial charge in [0, 0.05) is 64.6 Å². The highest BCUT2D eigenvalue weighted by molar-refractivity contribution is 7.10. The van der Waals surface area contributed by atoms with E-state index < -0.39 is 35.0 Å². The summed E-state index contributed by atoms with van der Waals surface area (Å²) in [6.07, 6.45) is 2.29. The molecule has 3 N–H and O–H groups in total. The van der Waals surface area contributed by atoms with Gasteiger partial charge in [0.1, 0.15) is 32.5 Å². The molecule has 412 valence electrons. The standard InChI is InChI=1S/C60H57N11O8S2/c1-35-33-80-52(63-35)49-18-12-22-70(49)54(73)39-26-46(65-47(28-39)51(72)68-69-57(76)60(5,30-36-14-8-7-9-15-36)67-58(77)79-59(2,3)4)44-21-20-37(24-41(44)32-62)25-42-34-81-53(64-42)50-19-13-23-71(50)55(74)40-27-45(66-48(29-40)56(75)78-6)43-17-11-10-16-38(43)31-61/h7-11,14-17,20-21,24,26-29,33-34,49-50H,12-13,18-19,22-23,25,30H2,1-6H3,(H,67,77)(H,68,72)(H,69,76). The number of nitrogens with zero attached hydrogens (tertiary/aromatic N) is 8. The predicted molar refractivity (Wildman–Crippen MR) is 301 cm³/mol. The van der Waals surface area contributed by atoms with E-state index in [0.717, 1.165) is 28.2 Å². The van der Waals surface area contributed by atoms with E-state index in [2.05, 4.69) is 43.3 Å². The lowest BCUT2D eigenvalue weighted by molar-refractivity contribution is -0.127. The lowest BCUT2D eigenvalue weighted by Crippen LogP contribution is -2.61. The third-order valence-electron chi connectivity index (χ3n) is 13.7. The molecule has 4 aromatic heterocycles. The molecule has 3 atom stereocenters. The van der Waals surface area contributed by atoms with Crippen LogP contribution in [0.2, 0.25) is 0 Å². The van der Waals surface area contributed by atoms with Gasteiger partial charge in [-0.05, 0) is 108 Å². The van der Waals surface area contributed by atoms with Crippen molar-refractivity contribution in [3.05, 3.63) is 174 Å². The van der Waals surface area contributed by atoms with Crippen molar-refractivity contribution >= 4 is 58.4 Å². The number of likely N-dealkylation sites (tertiary alicyclic amines) is 2. The number of amides is 5. The summed E-state index contributed by atoms with van der Waals surface area (Å²) in [4.78, 5) is 105. The Morgan fingerprint density at radius 3 is 1.89 bits per heavy atom. The van der Waals surface area contributed by atoms with E-state index in [-0.39, 0.29) is 69.8 Å². The maximum atomic E-state index is 14.6. The van der Waals surface area contributed by atoms with Crippen LogP contribution < -0.4 is 16.2 Å². The summed E-state index contributed by atoms with van der Waals surface area (Å²) in [5.41, 5.74) is 7.20. The highest BCUT2D eigenvalue weighted by Crippen LogP contribution is 2.38. The van der Waals surface area contributed by atoms with Crippen LogP contribution in [0.4, 0.5) is 4.79 Å². The highest BCUT2D eigenvalue weighted by Gasteiger charge is 2.39. The smallest absolute Gasteiger partial charge is 0.408 e. The molecule has 0 saturated carbocycles. The Morgan fingerprint density at radius 1 is 0.679 bits per heavy atom. The van der Waals surface area contributed by atoms with Crippen LogP contribution in [0.15, 0.2) is 108 Å². The fourth-order valence-corrected chi connectivity index (χ4v) is 11.8. The van der Waals surface area contributed by atoms with Crippen LogP contribution in [0.1, 0.15) is 151 Å². The number of pyridine rings is 2. The summed E-state index contributed by atoms with van der Waals surface area (Å²) in [5, 5.41) is 28.5. The second-order valence-corrected chi connectivity index (χ2v) is 22.7. The minimum atomic E-state index is -1.62. The minimum absolute atomic E-state index is 0.0331. The Balaban J connectivity index is 0.975. The SMILES string of the molecule is COC(=O)c1cc(C(=O)N2CCCC2c2nc(Cc3ccc(-c4cc(C(=O)N5CCCC5c5nc(C)cs5)cc(C(=O)NNC(=O)C(C)(Cc5ccccc5)NC(=O)OC(C)(C)C)n4)c(C#N)c3)cs2)cc(-c2ccccc2C#N)n1. The number of aromatic nitrogens is 4. The molecule has 0 aliphatic carbocycles. The van der Waals surface area contributed by atoms with Crippen molar-refractivity contribution in [3.8, 4) is 34.7 Å². The van der Waals surface area contributed by atoms with E-state index in [1.807, 2.05) is 29.8 Å². The summed E-state index contributed by atoms with van der Waals surface area (Å²) in [7, 11) is 1.23. The predicted octanol–water partition coefficient (Wildman–Crippen LogP) is 9.39. The molecule has 3 unspecified atom stereocenters. The fourth-order valence-electron chi connectivity index (χ4n) is 9.92. The highest BCUT2D eigenvalue weighted by atomic mass is 32.1. The summed E-state index contributed by atoms with van der Waals surface area (Å²) in [5.74, 6) is -3.08. The van der Waals surface area contributed by atoms with Crippen molar-refractivity contribution in [2.75, 3.05) is 20.2 Å². The first-order valence-electron chi connectivity index (χ1n) is 26.1. The average Bonchev–Trinajstić information content (AvgIpc) is 4.54.